The highest BCUT2D eigenvalue weighted by molar-refractivity contribution is 8.00. The van der Waals surface area contributed by atoms with Gasteiger partial charge >= 0.3 is 0 Å². The van der Waals surface area contributed by atoms with E-state index in [1.165, 1.54) is 0 Å². The third-order valence-corrected chi connectivity index (χ3v) is 3.69. The van der Waals surface area contributed by atoms with Gasteiger partial charge < -0.3 is 19.5 Å². The number of rotatable bonds is 4. The van der Waals surface area contributed by atoms with Gasteiger partial charge in [-0.2, -0.15) is 0 Å². The fourth-order valence-electron chi connectivity index (χ4n) is 1.65. The van der Waals surface area contributed by atoms with Crippen LogP contribution in [0.5, 0.6) is 11.5 Å². The van der Waals surface area contributed by atoms with Crippen LogP contribution in [-0.2, 0) is 4.74 Å². The quantitative estimate of drug-likeness (QED) is 0.887. The number of ether oxygens (including phenoxy) is 3. The van der Waals surface area contributed by atoms with Crippen molar-refractivity contribution in [3.63, 3.8) is 0 Å². The Hall–Kier alpha value is -0.910. The van der Waals surface area contributed by atoms with Crippen molar-refractivity contribution in [1.29, 1.82) is 0 Å². The number of hydrogen-bond acceptors (Lipinski definition) is 5. The van der Waals surface area contributed by atoms with E-state index in [9.17, 15) is 0 Å². The van der Waals surface area contributed by atoms with Gasteiger partial charge in [0.05, 0.1) is 37.7 Å². The van der Waals surface area contributed by atoms with Crippen molar-refractivity contribution in [1.82, 2.24) is 5.32 Å². The second kappa shape index (κ2) is 6.14. The molecule has 1 fully saturated rings. The molecule has 0 saturated carbocycles. The lowest BCUT2D eigenvalue weighted by molar-refractivity contribution is 0.100. The largest absolute Gasteiger partial charge is 0.497 e. The molecule has 1 aliphatic heterocycles. The Morgan fingerprint density at radius 2 is 2.24 bits per heavy atom. The van der Waals surface area contributed by atoms with Crippen LogP contribution in [0.3, 0.4) is 0 Å². The summed E-state index contributed by atoms with van der Waals surface area (Å²) in [5, 5.41) is 3.67. The van der Waals surface area contributed by atoms with Crippen molar-refractivity contribution >= 4 is 11.8 Å². The molecule has 1 aliphatic rings. The number of thioether (sulfide) groups is 1. The van der Waals surface area contributed by atoms with Gasteiger partial charge in [-0.25, -0.2) is 0 Å². The van der Waals surface area contributed by atoms with Crippen LogP contribution in [0.1, 0.15) is 0 Å². The minimum atomic E-state index is 0.268. The Morgan fingerprint density at radius 1 is 1.35 bits per heavy atom. The number of hydrogen-bond donors (Lipinski definition) is 1. The lowest BCUT2D eigenvalue weighted by Gasteiger charge is -2.24. The van der Waals surface area contributed by atoms with Crippen LogP contribution in [0, 0.1) is 0 Å². The summed E-state index contributed by atoms with van der Waals surface area (Å²) in [6.45, 7) is 2.39. The molecule has 1 N–H and O–H groups in total. The summed E-state index contributed by atoms with van der Waals surface area (Å²) >= 11 is 1.70. The first-order valence-corrected chi connectivity index (χ1v) is 6.41. The van der Waals surface area contributed by atoms with E-state index in [-0.39, 0.29) is 5.37 Å². The van der Waals surface area contributed by atoms with Crippen LogP contribution < -0.4 is 14.8 Å². The molecule has 1 aromatic carbocycles. The highest BCUT2D eigenvalue weighted by Crippen LogP contribution is 2.34. The van der Waals surface area contributed by atoms with Gasteiger partial charge in [0, 0.05) is 6.54 Å². The second-order valence-corrected chi connectivity index (χ2v) is 4.90. The van der Waals surface area contributed by atoms with E-state index in [2.05, 4.69) is 5.32 Å². The van der Waals surface area contributed by atoms with Crippen LogP contribution in [0.15, 0.2) is 23.1 Å². The summed E-state index contributed by atoms with van der Waals surface area (Å²) in [5.41, 5.74) is 0. The van der Waals surface area contributed by atoms with Crippen LogP contribution >= 0.6 is 11.8 Å². The van der Waals surface area contributed by atoms with Crippen molar-refractivity contribution < 1.29 is 14.2 Å². The van der Waals surface area contributed by atoms with Gasteiger partial charge in [-0.05, 0) is 18.2 Å². The molecule has 1 atom stereocenters. The molecular weight excluding hydrogens is 238 g/mol. The number of benzene rings is 1. The van der Waals surface area contributed by atoms with E-state index in [1.807, 2.05) is 18.2 Å². The highest BCUT2D eigenvalue weighted by Gasteiger charge is 2.16. The Kier molecular flexibility index (Phi) is 4.53. The van der Waals surface area contributed by atoms with Gasteiger partial charge in [0.25, 0.3) is 0 Å². The zero-order chi connectivity index (χ0) is 12.1. The van der Waals surface area contributed by atoms with Crippen LogP contribution in [-0.4, -0.2) is 39.4 Å². The average molecular weight is 255 g/mol. The Morgan fingerprint density at radius 3 is 2.88 bits per heavy atom. The molecule has 1 heterocycles. The summed E-state index contributed by atoms with van der Waals surface area (Å²) in [5.74, 6) is 1.70. The van der Waals surface area contributed by atoms with Crippen LogP contribution in [0.4, 0.5) is 0 Å². The number of morpholine rings is 1. The first kappa shape index (κ1) is 12.5. The fraction of sp³-hybridized carbons (Fsp3) is 0.500. The maximum atomic E-state index is 5.43. The van der Waals surface area contributed by atoms with Gasteiger partial charge in [0.1, 0.15) is 11.5 Å². The monoisotopic (exact) mass is 255 g/mol. The third-order valence-electron chi connectivity index (χ3n) is 2.53. The molecule has 1 saturated heterocycles. The third kappa shape index (κ3) is 3.28. The fourth-order valence-corrected chi connectivity index (χ4v) is 2.77. The molecule has 0 aliphatic carbocycles. The number of nitrogens with one attached hydrogen (secondary N) is 1. The predicted molar refractivity (Wildman–Crippen MR) is 68.0 cm³/mol. The van der Waals surface area contributed by atoms with E-state index in [1.54, 1.807) is 26.0 Å². The first-order valence-electron chi connectivity index (χ1n) is 5.53. The van der Waals surface area contributed by atoms with E-state index < -0.39 is 0 Å². The molecule has 1 aromatic rings. The zero-order valence-electron chi connectivity index (χ0n) is 10.1. The van der Waals surface area contributed by atoms with Crippen molar-refractivity contribution in [3.8, 4) is 11.5 Å². The smallest absolute Gasteiger partial charge is 0.132 e. The maximum Gasteiger partial charge on any atom is 0.132 e. The molecule has 0 bridgehead atoms. The van der Waals surface area contributed by atoms with Crippen LogP contribution in [0.2, 0.25) is 0 Å². The van der Waals surface area contributed by atoms with E-state index >= 15 is 0 Å². The normalized spacial score (nSPS) is 20.0. The van der Waals surface area contributed by atoms with Gasteiger partial charge in [-0.15, -0.1) is 11.8 Å². The van der Waals surface area contributed by atoms with E-state index in [0.717, 1.165) is 29.5 Å². The summed E-state index contributed by atoms with van der Waals surface area (Å²) in [4.78, 5) is 1.06. The minimum absolute atomic E-state index is 0.268. The average Bonchev–Trinajstić information content (AvgIpc) is 2.40. The standard InChI is InChI=1S/C12H17NO3S/c1-14-9-3-4-10(15-2)11(7-9)17-12-8-16-6-5-13-12/h3-4,7,12-13H,5-6,8H2,1-2H3. The van der Waals surface area contributed by atoms with Crippen molar-refractivity contribution in [2.75, 3.05) is 34.0 Å². The molecule has 94 valence electrons. The second-order valence-electron chi connectivity index (χ2n) is 3.65. The molecule has 4 nitrogen and oxygen atoms in total. The maximum absolute atomic E-state index is 5.43. The van der Waals surface area contributed by atoms with Crippen molar-refractivity contribution in [2.45, 2.75) is 10.3 Å². The van der Waals surface area contributed by atoms with E-state index in [4.69, 9.17) is 14.2 Å². The zero-order valence-corrected chi connectivity index (χ0v) is 10.9. The van der Waals surface area contributed by atoms with E-state index in [0.29, 0.717) is 6.61 Å². The lowest BCUT2D eigenvalue weighted by atomic mass is 10.3. The lowest BCUT2D eigenvalue weighted by Crippen LogP contribution is -2.38. The number of methoxy groups -OCH3 is 2. The molecule has 2 rings (SSSR count). The summed E-state index contributed by atoms with van der Waals surface area (Å²) in [7, 11) is 3.34. The molecule has 0 amide bonds. The van der Waals surface area contributed by atoms with Gasteiger partial charge in [0.2, 0.25) is 0 Å². The molecule has 0 spiro atoms. The topological polar surface area (TPSA) is 39.7 Å². The molecule has 17 heavy (non-hydrogen) atoms. The SMILES string of the molecule is COc1ccc(OC)c(SC2COCCN2)c1. The van der Waals surface area contributed by atoms with Gasteiger partial charge in [-0.3, -0.25) is 0 Å². The van der Waals surface area contributed by atoms with Gasteiger partial charge in [0.15, 0.2) is 0 Å². The Bertz CT molecular complexity index is 367. The first-order chi connectivity index (χ1) is 8.33. The summed E-state index contributed by atoms with van der Waals surface area (Å²) in [6.07, 6.45) is 0. The summed E-state index contributed by atoms with van der Waals surface area (Å²) < 4.78 is 16.0. The molecule has 5 heteroatoms. The summed E-state index contributed by atoms with van der Waals surface area (Å²) in [6, 6.07) is 5.80. The minimum Gasteiger partial charge on any atom is -0.497 e. The Balaban J connectivity index is 2.11. The Labute approximate surface area is 106 Å². The van der Waals surface area contributed by atoms with Gasteiger partial charge in [-0.1, -0.05) is 0 Å². The van der Waals surface area contributed by atoms with Crippen LogP contribution in [0.25, 0.3) is 0 Å². The predicted octanol–water partition coefficient (Wildman–Crippen LogP) is 1.74. The van der Waals surface area contributed by atoms with Crippen molar-refractivity contribution in [2.24, 2.45) is 0 Å². The molecule has 0 aromatic heterocycles. The molecular formula is C12H17NO3S. The highest BCUT2D eigenvalue weighted by atomic mass is 32.2. The van der Waals surface area contributed by atoms with Crippen molar-refractivity contribution in [3.05, 3.63) is 18.2 Å². The molecule has 0 radical (unpaired) electrons. The molecule has 1 unspecified atom stereocenters.